The third-order valence-electron chi connectivity index (χ3n) is 2.48. The molecule has 1 saturated heterocycles. The molecule has 0 aliphatic carbocycles. The molecule has 0 radical (unpaired) electrons. The first kappa shape index (κ1) is 12.8. The van der Waals surface area contributed by atoms with Gasteiger partial charge in [-0.25, -0.2) is 4.79 Å². The Bertz CT molecular complexity index is 367. The highest BCUT2D eigenvalue weighted by Gasteiger charge is 2.31. The van der Waals surface area contributed by atoms with E-state index in [2.05, 4.69) is 0 Å². The highest BCUT2D eigenvalue weighted by Crippen LogP contribution is 2.21. The maximum absolute atomic E-state index is 11.5. The summed E-state index contributed by atoms with van der Waals surface area (Å²) < 4.78 is 5.07. The van der Waals surface area contributed by atoms with Crippen molar-refractivity contribution in [2.45, 2.75) is 13.0 Å². The number of nitrogens with zero attached hydrogens (tertiary/aromatic N) is 1. The van der Waals surface area contributed by atoms with Crippen LogP contribution in [0.25, 0.3) is 0 Å². The molecule has 0 saturated carbocycles. The van der Waals surface area contributed by atoms with Crippen LogP contribution in [-0.4, -0.2) is 25.3 Å². The first-order valence-corrected chi connectivity index (χ1v) is 4.95. The van der Waals surface area contributed by atoms with Crippen LogP contribution >= 0.6 is 12.4 Å². The van der Waals surface area contributed by atoms with E-state index < -0.39 is 0 Å². The maximum atomic E-state index is 11.5. The highest BCUT2D eigenvalue weighted by atomic mass is 35.5. The van der Waals surface area contributed by atoms with Crippen molar-refractivity contribution in [1.82, 2.24) is 0 Å². The number of ether oxygens (including phenoxy) is 1. The SMILES string of the molecule is Cc1ccc(N2CC(CN)OC2=O)cc1.Cl. The van der Waals surface area contributed by atoms with Crippen molar-refractivity contribution >= 4 is 24.2 Å². The maximum Gasteiger partial charge on any atom is 0.414 e. The molecule has 1 fully saturated rings. The number of benzene rings is 1. The van der Waals surface area contributed by atoms with Crippen molar-refractivity contribution in [2.75, 3.05) is 18.0 Å². The van der Waals surface area contributed by atoms with Gasteiger partial charge in [0, 0.05) is 12.2 Å². The first-order valence-electron chi connectivity index (χ1n) is 4.95. The third kappa shape index (κ3) is 2.46. The Morgan fingerprint density at radius 1 is 1.44 bits per heavy atom. The molecule has 88 valence electrons. The van der Waals surface area contributed by atoms with Crippen molar-refractivity contribution in [3.63, 3.8) is 0 Å². The second-order valence-electron chi connectivity index (χ2n) is 3.69. The molecule has 1 amide bonds. The van der Waals surface area contributed by atoms with Gasteiger partial charge in [0.05, 0.1) is 6.54 Å². The number of hydrogen-bond donors (Lipinski definition) is 1. The van der Waals surface area contributed by atoms with Crippen LogP contribution in [0.1, 0.15) is 5.56 Å². The summed E-state index contributed by atoms with van der Waals surface area (Å²) in [7, 11) is 0. The first-order chi connectivity index (χ1) is 7.20. The van der Waals surface area contributed by atoms with Gasteiger partial charge in [-0.15, -0.1) is 12.4 Å². The Kier molecular flexibility index (Phi) is 4.15. The molecule has 1 aromatic rings. The van der Waals surface area contributed by atoms with Crippen LogP contribution in [0.2, 0.25) is 0 Å². The zero-order valence-electron chi connectivity index (χ0n) is 9.05. The van der Waals surface area contributed by atoms with Gasteiger partial charge in [0.25, 0.3) is 0 Å². The fraction of sp³-hybridized carbons (Fsp3) is 0.364. The van der Waals surface area contributed by atoms with E-state index in [0.717, 1.165) is 5.69 Å². The van der Waals surface area contributed by atoms with E-state index in [0.29, 0.717) is 13.1 Å². The number of amides is 1. The molecule has 2 rings (SSSR count). The predicted molar refractivity (Wildman–Crippen MR) is 65.1 cm³/mol. The van der Waals surface area contributed by atoms with Crippen molar-refractivity contribution < 1.29 is 9.53 Å². The molecule has 1 unspecified atom stereocenters. The minimum Gasteiger partial charge on any atom is -0.443 e. The molecule has 1 heterocycles. The van der Waals surface area contributed by atoms with Crippen LogP contribution in [0.15, 0.2) is 24.3 Å². The van der Waals surface area contributed by atoms with Crippen molar-refractivity contribution in [2.24, 2.45) is 5.73 Å². The van der Waals surface area contributed by atoms with E-state index in [4.69, 9.17) is 10.5 Å². The fourth-order valence-corrected chi connectivity index (χ4v) is 1.58. The molecule has 5 heteroatoms. The molecular weight excluding hydrogens is 228 g/mol. The minimum atomic E-state index is -0.311. The van der Waals surface area contributed by atoms with Gasteiger partial charge in [-0.05, 0) is 19.1 Å². The van der Waals surface area contributed by atoms with Gasteiger partial charge < -0.3 is 10.5 Å². The van der Waals surface area contributed by atoms with E-state index in [1.54, 1.807) is 4.90 Å². The third-order valence-corrected chi connectivity index (χ3v) is 2.48. The molecule has 1 atom stereocenters. The monoisotopic (exact) mass is 242 g/mol. The van der Waals surface area contributed by atoms with Crippen molar-refractivity contribution in [1.29, 1.82) is 0 Å². The van der Waals surface area contributed by atoms with E-state index in [1.807, 2.05) is 31.2 Å². The summed E-state index contributed by atoms with van der Waals surface area (Å²) in [5.41, 5.74) is 7.49. The second kappa shape index (κ2) is 5.18. The van der Waals surface area contributed by atoms with E-state index in [-0.39, 0.29) is 24.6 Å². The van der Waals surface area contributed by atoms with Gasteiger partial charge >= 0.3 is 6.09 Å². The summed E-state index contributed by atoms with van der Waals surface area (Å²) in [6, 6.07) is 7.77. The number of carbonyl (C=O) groups is 1. The topological polar surface area (TPSA) is 55.6 Å². The van der Waals surface area contributed by atoms with Gasteiger partial charge in [0.15, 0.2) is 0 Å². The summed E-state index contributed by atoms with van der Waals surface area (Å²) in [6.07, 6.45) is -0.492. The molecule has 0 aromatic heterocycles. The largest absolute Gasteiger partial charge is 0.443 e. The van der Waals surface area contributed by atoms with Gasteiger partial charge in [-0.3, -0.25) is 4.90 Å². The molecule has 1 aromatic carbocycles. The molecular formula is C11H15ClN2O2. The van der Waals surface area contributed by atoms with E-state index in [9.17, 15) is 4.79 Å². The smallest absolute Gasteiger partial charge is 0.414 e. The number of anilines is 1. The zero-order valence-corrected chi connectivity index (χ0v) is 9.87. The average Bonchev–Trinajstić information content (AvgIpc) is 2.61. The summed E-state index contributed by atoms with van der Waals surface area (Å²) >= 11 is 0. The number of halogens is 1. The Balaban J connectivity index is 0.00000128. The summed E-state index contributed by atoms with van der Waals surface area (Å²) in [5, 5.41) is 0. The number of hydrogen-bond acceptors (Lipinski definition) is 3. The lowest BCUT2D eigenvalue weighted by molar-refractivity contribution is 0.145. The molecule has 16 heavy (non-hydrogen) atoms. The lowest BCUT2D eigenvalue weighted by atomic mass is 10.2. The van der Waals surface area contributed by atoms with Crippen LogP contribution in [0, 0.1) is 6.92 Å². The normalized spacial score (nSPS) is 19.2. The van der Waals surface area contributed by atoms with Crippen LogP contribution in [-0.2, 0) is 4.74 Å². The quantitative estimate of drug-likeness (QED) is 0.859. The van der Waals surface area contributed by atoms with Crippen molar-refractivity contribution in [3.8, 4) is 0 Å². The zero-order chi connectivity index (χ0) is 10.8. The predicted octanol–water partition coefficient (Wildman–Crippen LogP) is 1.70. The Morgan fingerprint density at radius 2 is 2.06 bits per heavy atom. The summed E-state index contributed by atoms with van der Waals surface area (Å²) in [4.78, 5) is 13.1. The number of aryl methyl sites for hydroxylation is 1. The second-order valence-corrected chi connectivity index (χ2v) is 3.69. The van der Waals surface area contributed by atoms with Crippen LogP contribution < -0.4 is 10.6 Å². The standard InChI is InChI=1S/C11H14N2O2.ClH/c1-8-2-4-9(5-3-8)13-7-10(6-12)15-11(13)14;/h2-5,10H,6-7,12H2,1H3;1H. The molecule has 4 nitrogen and oxygen atoms in total. The summed E-state index contributed by atoms with van der Waals surface area (Å²) in [5.74, 6) is 0. The van der Waals surface area contributed by atoms with Crippen molar-refractivity contribution in [3.05, 3.63) is 29.8 Å². The van der Waals surface area contributed by atoms with Crippen LogP contribution in [0.5, 0.6) is 0 Å². The van der Waals surface area contributed by atoms with Gasteiger partial charge in [0.1, 0.15) is 6.10 Å². The lowest BCUT2D eigenvalue weighted by Crippen LogP contribution is -2.27. The minimum absolute atomic E-state index is 0. The number of carbonyl (C=O) groups excluding carboxylic acids is 1. The highest BCUT2D eigenvalue weighted by molar-refractivity contribution is 5.89. The molecule has 2 N–H and O–H groups in total. The Morgan fingerprint density at radius 3 is 2.56 bits per heavy atom. The van der Waals surface area contributed by atoms with Crippen LogP contribution in [0.3, 0.4) is 0 Å². The number of cyclic esters (lactones) is 1. The number of rotatable bonds is 2. The van der Waals surface area contributed by atoms with Gasteiger partial charge in [-0.1, -0.05) is 17.7 Å². The van der Waals surface area contributed by atoms with E-state index >= 15 is 0 Å². The lowest BCUT2D eigenvalue weighted by Gasteiger charge is -2.12. The fourth-order valence-electron chi connectivity index (χ4n) is 1.58. The summed E-state index contributed by atoms with van der Waals surface area (Å²) in [6.45, 7) is 2.92. The Labute approximate surface area is 101 Å². The molecule has 1 aliphatic rings. The average molecular weight is 243 g/mol. The Hall–Kier alpha value is -1.26. The molecule has 0 spiro atoms. The number of nitrogens with two attached hydrogens (primary N) is 1. The van der Waals surface area contributed by atoms with Gasteiger partial charge in [-0.2, -0.15) is 0 Å². The van der Waals surface area contributed by atoms with Gasteiger partial charge in [0.2, 0.25) is 0 Å². The van der Waals surface area contributed by atoms with E-state index in [1.165, 1.54) is 5.56 Å². The molecule has 0 bridgehead atoms. The van der Waals surface area contributed by atoms with Crippen LogP contribution in [0.4, 0.5) is 10.5 Å². The molecule has 1 aliphatic heterocycles.